The standard InChI is InChI=1S/C15H18N2O/c16-8-4-7-15-17-10-14(18-15)13-9-12(13)11-5-2-1-3-6-11/h1-3,5-6,10,12-13H,4,7-9,16H2. The molecule has 3 rings (SSSR count). The van der Waals surface area contributed by atoms with Crippen molar-refractivity contribution in [2.75, 3.05) is 6.54 Å². The Kier molecular flexibility index (Phi) is 3.15. The summed E-state index contributed by atoms with van der Waals surface area (Å²) in [5.74, 6) is 3.00. The molecule has 1 heterocycles. The minimum Gasteiger partial charge on any atom is -0.445 e. The van der Waals surface area contributed by atoms with Crippen molar-refractivity contribution in [3.63, 3.8) is 0 Å². The van der Waals surface area contributed by atoms with Crippen molar-refractivity contribution in [3.05, 3.63) is 53.7 Å². The molecular weight excluding hydrogens is 224 g/mol. The second kappa shape index (κ2) is 4.94. The minimum absolute atomic E-state index is 0.520. The maximum atomic E-state index is 5.79. The van der Waals surface area contributed by atoms with Crippen molar-refractivity contribution in [1.82, 2.24) is 4.98 Å². The van der Waals surface area contributed by atoms with Crippen LogP contribution in [0.2, 0.25) is 0 Å². The van der Waals surface area contributed by atoms with Crippen LogP contribution >= 0.6 is 0 Å². The van der Waals surface area contributed by atoms with Crippen LogP contribution in [0.15, 0.2) is 40.9 Å². The van der Waals surface area contributed by atoms with E-state index in [1.807, 2.05) is 6.20 Å². The van der Waals surface area contributed by atoms with Crippen molar-refractivity contribution < 1.29 is 4.42 Å². The summed E-state index contributed by atoms with van der Waals surface area (Å²) in [4.78, 5) is 4.32. The molecule has 1 saturated carbocycles. The molecule has 2 aromatic rings. The van der Waals surface area contributed by atoms with Gasteiger partial charge in [-0.1, -0.05) is 30.3 Å². The Labute approximate surface area is 107 Å². The number of aryl methyl sites for hydroxylation is 1. The van der Waals surface area contributed by atoms with Crippen LogP contribution in [-0.4, -0.2) is 11.5 Å². The lowest BCUT2D eigenvalue weighted by Gasteiger charge is -1.97. The fourth-order valence-electron chi connectivity index (χ4n) is 2.44. The first-order chi connectivity index (χ1) is 8.88. The van der Waals surface area contributed by atoms with Gasteiger partial charge in [-0.25, -0.2) is 4.98 Å². The molecule has 1 aliphatic carbocycles. The molecule has 1 aromatic carbocycles. The van der Waals surface area contributed by atoms with Crippen LogP contribution in [-0.2, 0) is 6.42 Å². The molecule has 3 heteroatoms. The minimum atomic E-state index is 0.520. The number of hydrogen-bond acceptors (Lipinski definition) is 3. The van der Waals surface area contributed by atoms with Gasteiger partial charge in [0.15, 0.2) is 5.89 Å². The summed E-state index contributed by atoms with van der Waals surface area (Å²) in [7, 11) is 0. The van der Waals surface area contributed by atoms with E-state index in [1.165, 1.54) is 12.0 Å². The van der Waals surface area contributed by atoms with Crippen molar-refractivity contribution in [2.45, 2.75) is 31.1 Å². The highest BCUT2D eigenvalue weighted by atomic mass is 16.4. The van der Waals surface area contributed by atoms with Crippen LogP contribution in [0.25, 0.3) is 0 Å². The quantitative estimate of drug-likeness (QED) is 0.877. The predicted molar refractivity (Wildman–Crippen MR) is 70.4 cm³/mol. The van der Waals surface area contributed by atoms with Gasteiger partial charge in [0.05, 0.1) is 6.20 Å². The lowest BCUT2D eigenvalue weighted by Crippen LogP contribution is -2.00. The topological polar surface area (TPSA) is 52.0 Å². The van der Waals surface area contributed by atoms with E-state index in [9.17, 15) is 0 Å². The van der Waals surface area contributed by atoms with E-state index in [-0.39, 0.29) is 0 Å². The molecule has 94 valence electrons. The van der Waals surface area contributed by atoms with Gasteiger partial charge in [-0.15, -0.1) is 0 Å². The first-order valence-electron chi connectivity index (χ1n) is 6.58. The van der Waals surface area contributed by atoms with Gasteiger partial charge in [0.2, 0.25) is 0 Å². The predicted octanol–water partition coefficient (Wildman–Crippen LogP) is 2.84. The molecule has 3 nitrogen and oxygen atoms in total. The van der Waals surface area contributed by atoms with Gasteiger partial charge in [-0.2, -0.15) is 0 Å². The smallest absolute Gasteiger partial charge is 0.194 e. The molecule has 1 aromatic heterocycles. The Morgan fingerprint density at radius 2 is 2.06 bits per heavy atom. The summed E-state index contributed by atoms with van der Waals surface area (Å²) in [5, 5.41) is 0. The molecule has 0 aliphatic heterocycles. The van der Waals surface area contributed by atoms with E-state index in [1.54, 1.807) is 0 Å². The van der Waals surface area contributed by atoms with E-state index in [0.717, 1.165) is 24.5 Å². The van der Waals surface area contributed by atoms with E-state index in [2.05, 4.69) is 35.3 Å². The van der Waals surface area contributed by atoms with Gasteiger partial charge in [0.1, 0.15) is 5.76 Å². The maximum Gasteiger partial charge on any atom is 0.194 e. The molecule has 0 radical (unpaired) electrons. The first-order valence-corrected chi connectivity index (χ1v) is 6.58. The normalized spacial score (nSPS) is 22.1. The molecule has 1 fully saturated rings. The van der Waals surface area contributed by atoms with Gasteiger partial charge in [0, 0.05) is 12.3 Å². The SMILES string of the molecule is NCCCc1ncc(C2CC2c2ccccc2)o1. The lowest BCUT2D eigenvalue weighted by atomic mass is 10.1. The van der Waals surface area contributed by atoms with Gasteiger partial charge in [0.25, 0.3) is 0 Å². The average molecular weight is 242 g/mol. The van der Waals surface area contributed by atoms with Gasteiger partial charge in [-0.05, 0) is 30.9 Å². The Hall–Kier alpha value is -1.61. The maximum absolute atomic E-state index is 5.79. The van der Waals surface area contributed by atoms with Gasteiger partial charge in [-0.3, -0.25) is 0 Å². The Morgan fingerprint density at radius 1 is 1.22 bits per heavy atom. The summed E-state index contributed by atoms with van der Waals surface area (Å²) >= 11 is 0. The van der Waals surface area contributed by atoms with Gasteiger partial charge < -0.3 is 10.2 Å². The fraction of sp³-hybridized carbons (Fsp3) is 0.400. The lowest BCUT2D eigenvalue weighted by molar-refractivity contribution is 0.450. The van der Waals surface area contributed by atoms with Crippen LogP contribution in [0.1, 0.15) is 41.9 Å². The number of oxazole rings is 1. The highest BCUT2D eigenvalue weighted by Crippen LogP contribution is 2.54. The zero-order chi connectivity index (χ0) is 12.4. The Bertz CT molecular complexity index is 506. The molecule has 2 N–H and O–H groups in total. The Balaban J connectivity index is 1.65. The van der Waals surface area contributed by atoms with Crippen molar-refractivity contribution >= 4 is 0 Å². The third kappa shape index (κ3) is 2.31. The molecule has 0 amide bonds. The average Bonchev–Trinajstić information content (AvgIpc) is 3.09. The molecule has 0 saturated heterocycles. The van der Waals surface area contributed by atoms with Crippen LogP contribution in [0.4, 0.5) is 0 Å². The summed E-state index contributed by atoms with van der Waals surface area (Å²) in [6, 6.07) is 10.6. The van der Waals surface area contributed by atoms with Crippen LogP contribution < -0.4 is 5.73 Å². The van der Waals surface area contributed by atoms with Crippen LogP contribution in [0.5, 0.6) is 0 Å². The first kappa shape index (κ1) is 11.5. The largest absolute Gasteiger partial charge is 0.445 e. The third-order valence-corrected chi connectivity index (χ3v) is 3.55. The molecule has 1 aliphatic rings. The monoisotopic (exact) mass is 242 g/mol. The molecule has 0 bridgehead atoms. The molecule has 2 unspecified atom stereocenters. The number of aromatic nitrogens is 1. The summed E-state index contributed by atoms with van der Waals surface area (Å²) < 4.78 is 5.79. The number of nitrogens with zero attached hydrogens (tertiary/aromatic N) is 1. The fourth-order valence-corrected chi connectivity index (χ4v) is 2.44. The van der Waals surface area contributed by atoms with E-state index in [4.69, 9.17) is 10.2 Å². The molecule has 18 heavy (non-hydrogen) atoms. The van der Waals surface area contributed by atoms with E-state index >= 15 is 0 Å². The zero-order valence-corrected chi connectivity index (χ0v) is 10.4. The number of benzene rings is 1. The highest BCUT2D eigenvalue weighted by Gasteiger charge is 2.41. The number of nitrogens with two attached hydrogens (primary N) is 1. The second-order valence-corrected chi connectivity index (χ2v) is 4.91. The summed E-state index contributed by atoms with van der Waals surface area (Å²) in [5.41, 5.74) is 6.89. The van der Waals surface area contributed by atoms with Gasteiger partial charge >= 0.3 is 0 Å². The Morgan fingerprint density at radius 3 is 2.83 bits per heavy atom. The summed E-state index contributed by atoms with van der Waals surface area (Å²) in [6.07, 6.45) is 4.85. The van der Waals surface area contributed by atoms with Crippen LogP contribution in [0.3, 0.4) is 0 Å². The molecule has 2 atom stereocenters. The zero-order valence-electron chi connectivity index (χ0n) is 10.4. The third-order valence-electron chi connectivity index (χ3n) is 3.55. The molecular formula is C15H18N2O. The number of hydrogen-bond donors (Lipinski definition) is 1. The van der Waals surface area contributed by atoms with Crippen molar-refractivity contribution in [2.24, 2.45) is 5.73 Å². The highest BCUT2D eigenvalue weighted by molar-refractivity contribution is 5.31. The summed E-state index contributed by atoms with van der Waals surface area (Å²) in [6.45, 7) is 0.688. The molecule has 0 spiro atoms. The number of rotatable bonds is 5. The second-order valence-electron chi connectivity index (χ2n) is 4.91. The van der Waals surface area contributed by atoms with E-state index < -0.39 is 0 Å². The van der Waals surface area contributed by atoms with Crippen LogP contribution in [0, 0.1) is 0 Å². The van der Waals surface area contributed by atoms with E-state index in [0.29, 0.717) is 18.4 Å². The van der Waals surface area contributed by atoms with Crippen molar-refractivity contribution in [1.29, 1.82) is 0 Å². The van der Waals surface area contributed by atoms with Crippen molar-refractivity contribution in [3.8, 4) is 0 Å².